The Morgan fingerprint density at radius 1 is 0.489 bits per heavy atom. The molecule has 0 N–H and O–H groups in total. The Morgan fingerprint density at radius 3 is 1.23 bits per heavy atom. The molecule has 0 bridgehead atoms. The second kappa shape index (κ2) is 26.9. The number of benzene rings is 2. The maximum Gasteiger partial charge on any atom is 0.303 e. The van der Waals surface area contributed by atoms with Crippen LogP contribution in [0.5, 0.6) is 0 Å². The minimum absolute atomic E-state index is 0. The SMILES string of the molecule is CCCCCC(=C=[N+]=[N-])C(CCCCC)=C(c1cc(CCCC)cc(CCCC)c1)c1cc(CCCCC)cc(CCCCC)c1.[Pd]. The van der Waals surface area contributed by atoms with Crippen LogP contribution in [0.2, 0.25) is 0 Å². The van der Waals surface area contributed by atoms with Crippen LogP contribution in [0, 0.1) is 0 Å². The summed E-state index contributed by atoms with van der Waals surface area (Å²) in [7, 11) is 0. The molecule has 47 heavy (non-hydrogen) atoms. The quantitative estimate of drug-likeness (QED) is 0.0244. The van der Waals surface area contributed by atoms with Crippen molar-refractivity contribution in [2.24, 2.45) is 0 Å². The van der Waals surface area contributed by atoms with Crippen molar-refractivity contribution >= 4 is 11.4 Å². The van der Waals surface area contributed by atoms with Gasteiger partial charge in [-0.15, -0.1) is 4.79 Å². The first-order chi connectivity index (χ1) is 22.5. The first-order valence-corrected chi connectivity index (χ1v) is 19.5. The average Bonchev–Trinajstić information content (AvgIpc) is 3.06. The van der Waals surface area contributed by atoms with Crippen LogP contribution < -0.4 is 0 Å². The van der Waals surface area contributed by atoms with Gasteiger partial charge in [-0.3, -0.25) is 0 Å². The summed E-state index contributed by atoms with van der Waals surface area (Å²) in [6, 6.07) is 15.0. The van der Waals surface area contributed by atoms with Crippen molar-refractivity contribution in [2.45, 2.75) is 183 Å². The first kappa shape index (κ1) is 43.0. The fourth-order valence-electron chi connectivity index (χ4n) is 6.69. The van der Waals surface area contributed by atoms with E-state index in [-0.39, 0.29) is 20.4 Å². The molecule has 2 aromatic rings. The molecule has 2 aromatic carbocycles. The predicted molar refractivity (Wildman–Crippen MR) is 203 cm³/mol. The molecule has 0 unspecified atom stereocenters. The molecule has 2 rings (SSSR count). The monoisotopic (exact) mass is 730 g/mol. The van der Waals surface area contributed by atoms with Gasteiger partial charge in [0, 0.05) is 20.4 Å². The number of nitrogens with zero attached hydrogens (tertiary/aromatic N) is 2. The van der Waals surface area contributed by atoms with Crippen molar-refractivity contribution in [1.29, 1.82) is 0 Å². The molecule has 0 fully saturated rings. The Balaban J connectivity index is 0.0000110. The molecule has 264 valence electrons. The molecular weight excluding hydrogens is 663 g/mol. The molecule has 3 heteroatoms. The predicted octanol–water partition coefficient (Wildman–Crippen LogP) is 13.6. The number of aryl methyl sites for hydroxylation is 4. The van der Waals surface area contributed by atoms with Gasteiger partial charge in [0.15, 0.2) is 0 Å². The Morgan fingerprint density at radius 2 is 0.851 bits per heavy atom. The van der Waals surface area contributed by atoms with Crippen LogP contribution in [-0.2, 0) is 46.1 Å². The molecule has 0 aliphatic carbocycles. The number of allylic oxidation sites excluding steroid dienone is 2. The van der Waals surface area contributed by atoms with Crippen molar-refractivity contribution in [1.82, 2.24) is 0 Å². The maximum absolute atomic E-state index is 9.92. The number of rotatable bonds is 25. The smallest absolute Gasteiger partial charge is 0.303 e. The summed E-state index contributed by atoms with van der Waals surface area (Å²) in [5, 5.41) is 0. The van der Waals surface area contributed by atoms with Crippen LogP contribution in [0.4, 0.5) is 0 Å². The fourth-order valence-corrected chi connectivity index (χ4v) is 6.69. The van der Waals surface area contributed by atoms with Crippen molar-refractivity contribution < 1.29 is 25.2 Å². The fraction of sp³-hybridized carbons (Fsp3) is 0.636. The van der Waals surface area contributed by atoms with Crippen LogP contribution >= 0.6 is 0 Å². The molecule has 2 nitrogen and oxygen atoms in total. The molecule has 0 atom stereocenters. The summed E-state index contributed by atoms with van der Waals surface area (Å²) in [5.41, 5.74) is 22.3. The summed E-state index contributed by atoms with van der Waals surface area (Å²) in [4.78, 5) is 3.56. The molecule has 0 heterocycles. The Kier molecular flexibility index (Phi) is 24.6. The van der Waals surface area contributed by atoms with E-state index in [1.165, 1.54) is 134 Å². The molecule has 0 spiro atoms. The zero-order valence-corrected chi connectivity index (χ0v) is 32.8. The standard InChI is InChI=1S/C44H68N2.Pd/c1-7-13-19-25-38-30-39(26-20-14-8-2)34-42(33-38)44(41-31-36(23-17-11-5)29-37(32-41)24-18-12-6)43(28-22-16-10-4)40(35-46-45)27-21-15-9-3;/h29-34H,7-28H2,1-6H3;. The molecule has 0 aliphatic rings. The van der Waals surface area contributed by atoms with Crippen LogP contribution in [0.1, 0.15) is 190 Å². The van der Waals surface area contributed by atoms with Crippen LogP contribution in [0.15, 0.2) is 47.5 Å². The average molecular weight is 731 g/mol. The second-order valence-corrected chi connectivity index (χ2v) is 13.7. The summed E-state index contributed by atoms with van der Waals surface area (Å²) in [6.45, 7) is 13.7. The van der Waals surface area contributed by atoms with E-state index in [2.05, 4.69) is 88.6 Å². The van der Waals surface area contributed by atoms with Crippen LogP contribution in [-0.4, -0.2) is 10.7 Å². The van der Waals surface area contributed by atoms with Gasteiger partial charge in [-0.1, -0.05) is 142 Å². The Bertz CT molecular complexity index is 1210. The summed E-state index contributed by atoms with van der Waals surface area (Å²) >= 11 is 0. The number of hydrogen-bond donors (Lipinski definition) is 0. The van der Waals surface area contributed by atoms with Crippen LogP contribution in [0.3, 0.4) is 0 Å². The third-order valence-electron chi connectivity index (χ3n) is 9.37. The minimum Gasteiger partial charge on any atom is -0.348 e. The zero-order valence-electron chi connectivity index (χ0n) is 31.2. The molecule has 0 radical (unpaired) electrons. The van der Waals surface area contributed by atoms with Gasteiger partial charge in [-0.2, -0.15) is 0 Å². The molecule has 0 aliphatic heterocycles. The van der Waals surface area contributed by atoms with E-state index in [4.69, 9.17) is 0 Å². The Labute approximate surface area is 304 Å². The van der Waals surface area contributed by atoms with E-state index in [9.17, 15) is 5.53 Å². The van der Waals surface area contributed by atoms with E-state index in [0.717, 1.165) is 56.9 Å². The van der Waals surface area contributed by atoms with E-state index in [0.29, 0.717) is 0 Å². The van der Waals surface area contributed by atoms with Crippen molar-refractivity contribution in [3.05, 3.63) is 86.5 Å². The molecule has 0 aromatic heterocycles. The molecule has 0 amide bonds. The number of hydrogen-bond acceptors (Lipinski definition) is 0. The maximum atomic E-state index is 9.92. The summed E-state index contributed by atoms with van der Waals surface area (Å²) < 4.78 is 0. The Hall–Kier alpha value is -2.00. The second-order valence-electron chi connectivity index (χ2n) is 13.7. The van der Waals surface area contributed by atoms with Gasteiger partial charge in [-0.05, 0) is 122 Å². The van der Waals surface area contributed by atoms with Gasteiger partial charge in [-0.25, -0.2) is 0 Å². The summed E-state index contributed by atoms with van der Waals surface area (Å²) in [6.07, 6.45) is 25.7. The minimum atomic E-state index is 0. The van der Waals surface area contributed by atoms with Gasteiger partial charge in [0.25, 0.3) is 0 Å². The van der Waals surface area contributed by atoms with E-state index >= 15 is 0 Å². The molecular formula is C44H68N2Pd. The van der Waals surface area contributed by atoms with Gasteiger partial charge in [0.1, 0.15) is 0 Å². The molecule has 0 saturated carbocycles. The van der Waals surface area contributed by atoms with Crippen molar-refractivity contribution in [3.63, 3.8) is 0 Å². The summed E-state index contributed by atoms with van der Waals surface area (Å²) in [5.74, 6) is 3.14. The molecule has 0 saturated heterocycles. The number of unbranched alkanes of at least 4 members (excludes halogenated alkanes) is 10. The van der Waals surface area contributed by atoms with E-state index in [1.54, 1.807) is 0 Å². The van der Waals surface area contributed by atoms with Gasteiger partial charge >= 0.3 is 5.87 Å². The van der Waals surface area contributed by atoms with E-state index < -0.39 is 0 Å². The van der Waals surface area contributed by atoms with Crippen molar-refractivity contribution in [2.75, 3.05) is 0 Å². The van der Waals surface area contributed by atoms with Gasteiger partial charge in [0.05, 0.1) is 5.57 Å². The van der Waals surface area contributed by atoms with Gasteiger partial charge in [0.2, 0.25) is 0 Å². The zero-order chi connectivity index (χ0) is 33.4. The normalized spacial score (nSPS) is 11.4. The largest absolute Gasteiger partial charge is 0.348 e. The topological polar surface area (TPSA) is 36.4 Å². The van der Waals surface area contributed by atoms with E-state index in [1.807, 2.05) is 0 Å². The first-order valence-electron chi connectivity index (χ1n) is 19.5. The third-order valence-corrected chi connectivity index (χ3v) is 9.37. The van der Waals surface area contributed by atoms with Crippen molar-refractivity contribution in [3.8, 4) is 0 Å². The van der Waals surface area contributed by atoms with Gasteiger partial charge < -0.3 is 5.53 Å². The third kappa shape index (κ3) is 16.3. The van der Waals surface area contributed by atoms with Crippen LogP contribution in [0.25, 0.3) is 11.1 Å².